The first-order valence-electron chi connectivity index (χ1n) is 8.20. The molecule has 3 N–H and O–H groups in total. The molecule has 1 aromatic rings. The van der Waals surface area contributed by atoms with E-state index in [1.165, 1.54) is 11.8 Å². The molecule has 0 fully saturated rings. The fourth-order valence-corrected chi connectivity index (χ4v) is 2.61. The number of nitrogens with zero attached hydrogens (tertiary/aromatic N) is 3. The molecule has 25 heavy (non-hydrogen) atoms. The molecule has 1 aromatic heterocycles. The maximum absolute atomic E-state index is 12.6. The molecule has 0 atom stereocenters. The van der Waals surface area contributed by atoms with Gasteiger partial charge in [-0.3, -0.25) is 19.6 Å². The molecule has 0 aromatic carbocycles. The molecule has 1 aliphatic rings. The van der Waals surface area contributed by atoms with E-state index in [1.807, 2.05) is 0 Å². The van der Waals surface area contributed by atoms with E-state index in [0.717, 1.165) is 10.6 Å². The summed E-state index contributed by atoms with van der Waals surface area (Å²) in [5.41, 5.74) is 6.43. The highest BCUT2D eigenvalue weighted by atomic mass is 16.6. The van der Waals surface area contributed by atoms with Crippen LogP contribution in [0.4, 0.5) is 4.79 Å². The molecule has 1 aliphatic heterocycles. The molecule has 0 radical (unpaired) electrons. The minimum Gasteiger partial charge on any atom is -0.444 e. The molecule has 9 nitrogen and oxygen atoms in total. The Kier molecular flexibility index (Phi) is 5.46. The second kappa shape index (κ2) is 7.22. The Morgan fingerprint density at radius 3 is 2.60 bits per heavy atom. The molecule has 0 bridgehead atoms. The van der Waals surface area contributed by atoms with E-state index >= 15 is 0 Å². The standard InChI is InChI=1S/C16H25N5O4/c1-10(22)21(8-6-17)14(23)13-11-9-20(7-5-12(11)18-19-13)15(24)25-16(2,3)4/h5-9,17H2,1-4H3,(H,18,19). The number of carbonyl (C=O) groups is 3. The molecule has 2 heterocycles. The van der Waals surface area contributed by atoms with Gasteiger partial charge >= 0.3 is 6.09 Å². The third-order valence-corrected chi connectivity index (χ3v) is 3.77. The van der Waals surface area contributed by atoms with Gasteiger partial charge in [-0.2, -0.15) is 5.10 Å². The lowest BCUT2D eigenvalue weighted by molar-refractivity contribution is -0.126. The van der Waals surface area contributed by atoms with E-state index in [2.05, 4.69) is 10.2 Å². The second-order valence-corrected chi connectivity index (χ2v) is 6.95. The number of hydrogen-bond donors (Lipinski definition) is 2. The normalized spacial score (nSPS) is 14.0. The van der Waals surface area contributed by atoms with Crippen molar-refractivity contribution in [3.63, 3.8) is 0 Å². The van der Waals surface area contributed by atoms with E-state index in [4.69, 9.17) is 10.5 Å². The van der Waals surface area contributed by atoms with Crippen molar-refractivity contribution in [1.29, 1.82) is 0 Å². The predicted molar refractivity (Wildman–Crippen MR) is 89.7 cm³/mol. The van der Waals surface area contributed by atoms with Crippen molar-refractivity contribution in [2.75, 3.05) is 19.6 Å². The van der Waals surface area contributed by atoms with Crippen molar-refractivity contribution in [3.8, 4) is 0 Å². The first kappa shape index (κ1) is 18.9. The van der Waals surface area contributed by atoms with Crippen LogP contribution in [0.5, 0.6) is 0 Å². The number of aromatic nitrogens is 2. The zero-order valence-electron chi connectivity index (χ0n) is 15.1. The summed E-state index contributed by atoms with van der Waals surface area (Å²) in [6.07, 6.45) is 0.0920. The molecule has 0 aliphatic carbocycles. The minimum absolute atomic E-state index is 0.117. The molecule has 0 unspecified atom stereocenters. The fourth-order valence-electron chi connectivity index (χ4n) is 2.61. The molecular formula is C16H25N5O4. The van der Waals surface area contributed by atoms with Crippen molar-refractivity contribution in [2.24, 2.45) is 5.73 Å². The van der Waals surface area contributed by atoms with Gasteiger partial charge < -0.3 is 15.4 Å². The first-order valence-corrected chi connectivity index (χ1v) is 8.20. The van der Waals surface area contributed by atoms with Gasteiger partial charge in [0.2, 0.25) is 5.91 Å². The zero-order chi connectivity index (χ0) is 18.8. The highest BCUT2D eigenvalue weighted by Crippen LogP contribution is 2.23. The zero-order valence-corrected chi connectivity index (χ0v) is 15.1. The monoisotopic (exact) mass is 351 g/mol. The Bertz CT molecular complexity index is 677. The van der Waals surface area contributed by atoms with Crippen LogP contribution in [-0.2, 0) is 22.5 Å². The lowest BCUT2D eigenvalue weighted by Crippen LogP contribution is -2.42. The number of rotatable bonds is 3. The average molecular weight is 351 g/mol. The van der Waals surface area contributed by atoms with Crippen molar-refractivity contribution >= 4 is 17.9 Å². The highest BCUT2D eigenvalue weighted by Gasteiger charge is 2.32. The summed E-state index contributed by atoms with van der Waals surface area (Å²) in [7, 11) is 0. The number of carbonyl (C=O) groups excluding carboxylic acids is 3. The maximum Gasteiger partial charge on any atom is 0.410 e. The Balaban J connectivity index is 2.22. The van der Waals surface area contributed by atoms with Crippen LogP contribution in [0.15, 0.2) is 0 Å². The SMILES string of the molecule is CC(=O)N(CCN)C(=O)c1n[nH]c2c1CN(C(=O)OC(C)(C)C)CC2. The number of H-pyrrole nitrogens is 1. The summed E-state index contributed by atoms with van der Waals surface area (Å²) in [5, 5.41) is 6.90. The number of hydrogen-bond acceptors (Lipinski definition) is 6. The third-order valence-electron chi connectivity index (χ3n) is 3.77. The second-order valence-electron chi connectivity index (χ2n) is 6.95. The number of aromatic amines is 1. The van der Waals surface area contributed by atoms with E-state index in [-0.39, 0.29) is 25.3 Å². The molecule has 3 amide bonds. The summed E-state index contributed by atoms with van der Waals surface area (Å²) >= 11 is 0. The van der Waals surface area contributed by atoms with Crippen LogP contribution >= 0.6 is 0 Å². The van der Waals surface area contributed by atoms with E-state index in [0.29, 0.717) is 18.5 Å². The van der Waals surface area contributed by atoms with Crippen molar-refractivity contribution in [3.05, 3.63) is 17.0 Å². The number of nitrogens with one attached hydrogen (secondary N) is 1. The average Bonchev–Trinajstić information content (AvgIpc) is 2.93. The Morgan fingerprint density at radius 1 is 1.36 bits per heavy atom. The van der Waals surface area contributed by atoms with Gasteiger partial charge in [0, 0.05) is 44.2 Å². The van der Waals surface area contributed by atoms with Gasteiger partial charge in [0.1, 0.15) is 5.60 Å². The van der Waals surface area contributed by atoms with Crippen LogP contribution in [0.2, 0.25) is 0 Å². The summed E-state index contributed by atoms with van der Waals surface area (Å²) < 4.78 is 5.38. The summed E-state index contributed by atoms with van der Waals surface area (Å²) in [6, 6.07) is 0. The largest absolute Gasteiger partial charge is 0.444 e. The van der Waals surface area contributed by atoms with Crippen LogP contribution in [0.1, 0.15) is 49.4 Å². The van der Waals surface area contributed by atoms with Crippen LogP contribution in [0.25, 0.3) is 0 Å². The predicted octanol–water partition coefficient (Wildman–Crippen LogP) is 0.650. The lowest BCUT2D eigenvalue weighted by atomic mass is 10.0. The quantitative estimate of drug-likeness (QED) is 0.824. The number of amides is 3. The number of ether oxygens (including phenoxy) is 1. The molecular weight excluding hydrogens is 326 g/mol. The van der Waals surface area contributed by atoms with Crippen LogP contribution in [-0.4, -0.2) is 63.1 Å². The number of nitrogens with two attached hydrogens (primary N) is 1. The van der Waals surface area contributed by atoms with Crippen molar-refractivity contribution < 1.29 is 19.1 Å². The summed E-state index contributed by atoms with van der Waals surface area (Å²) in [6.45, 7) is 7.65. The maximum atomic E-state index is 12.6. The third kappa shape index (κ3) is 4.36. The Hall–Kier alpha value is -2.42. The van der Waals surface area contributed by atoms with Crippen molar-refractivity contribution in [1.82, 2.24) is 20.0 Å². The molecule has 2 rings (SSSR count). The van der Waals surface area contributed by atoms with Gasteiger partial charge in [-0.15, -0.1) is 0 Å². The van der Waals surface area contributed by atoms with Gasteiger partial charge in [0.25, 0.3) is 5.91 Å². The highest BCUT2D eigenvalue weighted by molar-refractivity contribution is 6.04. The van der Waals surface area contributed by atoms with Gasteiger partial charge in [0.15, 0.2) is 5.69 Å². The minimum atomic E-state index is -0.598. The Labute approximate surface area is 146 Å². The van der Waals surface area contributed by atoms with Gasteiger partial charge in [-0.1, -0.05) is 0 Å². The first-order chi connectivity index (χ1) is 11.6. The summed E-state index contributed by atoms with van der Waals surface area (Å²) in [5.74, 6) is -0.909. The molecule has 9 heteroatoms. The van der Waals surface area contributed by atoms with Gasteiger partial charge in [-0.25, -0.2) is 4.79 Å². The molecule has 0 saturated carbocycles. The van der Waals surface area contributed by atoms with E-state index in [9.17, 15) is 14.4 Å². The fraction of sp³-hybridized carbons (Fsp3) is 0.625. The van der Waals surface area contributed by atoms with E-state index in [1.54, 1.807) is 20.8 Å². The van der Waals surface area contributed by atoms with Crippen LogP contribution < -0.4 is 5.73 Å². The van der Waals surface area contributed by atoms with E-state index < -0.39 is 23.5 Å². The lowest BCUT2D eigenvalue weighted by Gasteiger charge is -2.30. The molecule has 0 spiro atoms. The summed E-state index contributed by atoms with van der Waals surface area (Å²) in [4.78, 5) is 39.2. The number of imide groups is 1. The molecule has 138 valence electrons. The Morgan fingerprint density at radius 2 is 2.04 bits per heavy atom. The van der Waals surface area contributed by atoms with Gasteiger partial charge in [0.05, 0.1) is 6.54 Å². The van der Waals surface area contributed by atoms with Gasteiger partial charge in [-0.05, 0) is 20.8 Å². The number of fused-ring (bicyclic) bond motifs is 1. The van der Waals surface area contributed by atoms with Crippen LogP contribution in [0.3, 0.4) is 0 Å². The van der Waals surface area contributed by atoms with Crippen LogP contribution in [0, 0.1) is 0 Å². The molecule has 0 saturated heterocycles. The topological polar surface area (TPSA) is 122 Å². The van der Waals surface area contributed by atoms with Crippen molar-refractivity contribution in [2.45, 2.75) is 46.3 Å². The smallest absolute Gasteiger partial charge is 0.410 e.